The summed E-state index contributed by atoms with van der Waals surface area (Å²) in [5, 5.41) is 10.1. The number of halogens is 1. The summed E-state index contributed by atoms with van der Waals surface area (Å²) in [7, 11) is -3.54. The summed E-state index contributed by atoms with van der Waals surface area (Å²) >= 11 is 6.83. The second-order valence-electron chi connectivity index (χ2n) is 4.99. The van der Waals surface area contributed by atoms with E-state index in [1.165, 1.54) is 10.4 Å². The molecule has 7 heteroatoms. The molecule has 4 nitrogen and oxygen atoms in total. The monoisotopic (exact) mass is 309 g/mol. The fourth-order valence-corrected chi connectivity index (χ4v) is 5.72. The first-order valence-electron chi connectivity index (χ1n) is 5.72. The van der Waals surface area contributed by atoms with Crippen molar-refractivity contribution >= 4 is 33.0 Å². The van der Waals surface area contributed by atoms with Crippen LogP contribution in [0, 0.1) is 0 Å². The molecule has 0 amide bonds. The first kappa shape index (κ1) is 14.3. The second-order valence-corrected chi connectivity index (χ2v) is 8.82. The number of hydrogen-bond donors (Lipinski definition) is 1. The van der Waals surface area contributed by atoms with Gasteiger partial charge in [0.15, 0.2) is 0 Å². The number of aliphatic hydroxyl groups is 1. The molecule has 1 aromatic rings. The van der Waals surface area contributed by atoms with E-state index in [-0.39, 0.29) is 10.3 Å². The van der Waals surface area contributed by atoms with Gasteiger partial charge in [-0.2, -0.15) is 4.31 Å². The molecule has 0 saturated carbocycles. The van der Waals surface area contributed by atoms with Crippen molar-refractivity contribution in [3.63, 3.8) is 0 Å². The Bertz CT molecular complexity index is 533. The zero-order valence-corrected chi connectivity index (χ0v) is 12.6. The minimum atomic E-state index is -3.54. The molecule has 1 fully saturated rings. The molecule has 1 saturated heterocycles. The highest BCUT2D eigenvalue weighted by atomic mass is 35.5. The number of nitrogens with zero attached hydrogens (tertiary/aromatic N) is 1. The number of rotatable bonds is 3. The van der Waals surface area contributed by atoms with E-state index in [9.17, 15) is 13.5 Å². The molecule has 102 valence electrons. The molecular formula is C11H16ClNO3S2. The van der Waals surface area contributed by atoms with Gasteiger partial charge in [-0.25, -0.2) is 8.42 Å². The number of hydrogen-bond acceptors (Lipinski definition) is 4. The van der Waals surface area contributed by atoms with Crippen molar-refractivity contribution < 1.29 is 13.5 Å². The van der Waals surface area contributed by atoms with Gasteiger partial charge in [0.2, 0.25) is 0 Å². The lowest BCUT2D eigenvalue weighted by molar-refractivity contribution is 0.0215. The van der Waals surface area contributed by atoms with Gasteiger partial charge in [0.05, 0.1) is 16.0 Å². The fraction of sp³-hybridized carbons (Fsp3) is 0.636. The lowest BCUT2D eigenvalue weighted by Gasteiger charge is -2.32. The van der Waals surface area contributed by atoms with Crippen molar-refractivity contribution in [2.24, 2.45) is 0 Å². The quantitative estimate of drug-likeness (QED) is 0.932. The summed E-state index contributed by atoms with van der Waals surface area (Å²) in [4.78, 5) is 0. The molecule has 0 aromatic carbocycles. The fourth-order valence-electron chi connectivity index (χ4n) is 2.29. The van der Waals surface area contributed by atoms with E-state index in [1.807, 2.05) is 0 Å². The van der Waals surface area contributed by atoms with E-state index in [0.29, 0.717) is 17.3 Å². The summed E-state index contributed by atoms with van der Waals surface area (Å²) in [5.41, 5.74) is -1.04. The van der Waals surface area contributed by atoms with Crippen LogP contribution in [0.1, 0.15) is 26.7 Å². The SMILES string of the molecule is CC(C)(O)C1CCCN1S(=O)(=O)c1ccc(Cl)s1. The van der Waals surface area contributed by atoms with Crippen LogP contribution < -0.4 is 0 Å². The van der Waals surface area contributed by atoms with Gasteiger partial charge in [-0.05, 0) is 38.8 Å². The van der Waals surface area contributed by atoms with E-state index in [4.69, 9.17) is 11.6 Å². The largest absolute Gasteiger partial charge is 0.389 e. The third-order valence-corrected chi connectivity index (χ3v) is 6.74. The molecule has 1 atom stereocenters. The Labute approximate surface area is 116 Å². The molecule has 18 heavy (non-hydrogen) atoms. The van der Waals surface area contributed by atoms with Crippen LogP contribution >= 0.6 is 22.9 Å². The normalized spacial score (nSPS) is 22.6. The van der Waals surface area contributed by atoms with Crippen molar-refractivity contribution in [3.05, 3.63) is 16.5 Å². The Morgan fingerprint density at radius 3 is 2.67 bits per heavy atom. The van der Waals surface area contributed by atoms with Gasteiger partial charge >= 0.3 is 0 Å². The molecule has 1 aliphatic rings. The maximum absolute atomic E-state index is 12.5. The minimum absolute atomic E-state index is 0.239. The number of sulfonamides is 1. The Kier molecular flexibility index (Phi) is 3.77. The molecule has 1 aromatic heterocycles. The van der Waals surface area contributed by atoms with Gasteiger partial charge in [0.25, 0.3) is 10.0 Å². The summed E-state index contributed by atoms with van der Waals surface area (Å²) in [6.45, 7) is 3.74. The van der Waals surface area contributed by atoms with Crippen LogP contribution in [0.4, 0.5) is 0 Å². The lowest BCUT2D eigenvalue weighted by atomic mass is 9.98. The van der Waals surface area contributed by atoms with Crippen molar-refractivity contribution in [3.8, 4) is 0 Å². The summed E-state index contributed by atoms with van der Waals surface area (Å²) in [5.74, 6) is 0. The Morgan fingerprint density at radius 1 is 1.50 bits per heavy atom. The van der Waals surface area contributed by atoms with Gasteiger partial charge < -0.3 is 5.11 Å². The van der Waals surface area contributed by atoms with E-state index in [2.05, 4.69) is 0 Å². The Hall–Kier alpha value is -0.140. The molecule has 1 aliphatic heterocycles. The van der Waals surface area contributed by atoms with Crippen molar-refractivity contribution in [1.82, 2.24) is 4.31 Å². The molecule has 1 N–H and O–H groups in total. The topological polar surface area (TPSA) is 57.6 Å². The van der Waals surface area contributed by atoms with Crippen LogP contribution in [0.15, 0.2) is 16.3 Å². The predicted molar refractivity (Wildman–Crippen MR) is 72.5 cm³/mol. The van der Waals surface area contributed by atoms with Crippen molar-refractivity contribution in [1.29, 1.82) is 0 Å². The Morgan fingerprint density at radius 2 is 2.17 bits per heavy atom. The van der Waals surface area contributed by atoms with Gasteiger partial charge in [-0.3, -0.25) is 0 Å². The first-order valence-corrected chi connectivity index (χ1v) is 8.36. The highest BCUT2D eigenvalue weighted by molar-refractivity contribution is 7.91. The van der Waals surface area contributed by atoms with E-state index in [0.717, 1.165) is 17.8 Å². The highest BCUT2D eigenvalue weighted by Gasteiger charge is 2.43. The minimum Gasteiger partial charge on any atom is -0.389 e. The highest BCUT2D eigenvalue weighted by Crippen LogP contribution is 2.35. The third-order valence-electron chi connectivity index (χ3n) is 3.13. The van der Waals surface area contributed by atoms with Crippen LogP contribution in [0.5, 0.6) is 0 Å². The average molecular weight is 310 g/mol. The van der Waals surface area contributed by atoms with E-state index < -0.39 is 15.6 Å². The lowest BCUT2D eigenvalue weighted by Crippen LogP contribution is -2.47. The molecule has 2 heterocycles. The smallest absolute Gasteiger partial charge is 0.252 e. The zero-order chi connectivity index (χ0) is 13.6. The third kappa shape index (κ3) is 2.58. The van der Waals surface area contributed by atoms with Crippen LogP contribution in [-0.2, 0) is 10.0 Å². The van der Waals surface area contributed by atoms with Crippen molar-refractivity contribution in [2.75, 3.05) is 6.54 Å². The second kappa shape index (κ2) is 4.76. The first-order chi connectivity index (χ1) is 8.23. The Balaban J connectivity index is 2.36. The molecule has 1 unspecified atom stereocenters. The van der Waals surface area contributed by atoms with Gasteiger partial charge in [-0.15, -0.1) is 11.3 Å². The van der Waals surface area contributed by atoms with E-state index in [1.54, 1.807) is 19.9 Å². The predicted octanol–water partition coefficient (Wildman–Crippen LogP) is 2.33. The van der Waals surface area contributed by atoms with Crippen LogP contribution in [0.2, 0.25) is 4.34 Å². The van der Waals surface area contributed by atoms with Gasteiger partial charge in [0.1, 0.15) is 4.21 Å². The number of thiophene rings is 1. The maximum Gasteiger partial charge on any atom is 0.252 e. The summed E-state index contributed by atoms with van der Waals surface area (Å²) in [6, 6.07) is 2.72. The average Bonchev–Trinajstić information content (AvgIpc) is 2.83. The molecule has 0 aliphatic carbocycles. The molecule has 0 spiro atoms. The van der Waals surface area contributed by atoms with Crippen LogP contribution in [-0.4, -0.2) is 36.0 Å². The summed E-state index contributed by atoms with van der Waals surface area (Å²) in [6.07, 6.45) is 1.45. The maximum atomic E-state index is 12.5. The van der Waals surface area contributed by atoms with Crippen LogP contribution in [0.3, 0.4) is 0 Å². The molecular weight excluding hydrogens is 294 g/mol. The van der Waals surface area contributed by atoms with Crippen LogP contribution in [0.25, 0.3) is 0 Å². The summed E-state index contributed by atoms with van der Waals surface area (Å²) < 4.78 is 27.0. The van der Waals surface area contributed by atoms with Gasteiger partial charge in [-0.1, -0.05) is 11.6 Å². The van der Waals surface area contributed by atoms with E-state index >= 15 is 0 Å². The van der Waals surface area contributed by atoms with Crippen molar-refractivity contribution in [2.45, 2.75) is 42.5 Å². The zero-order valence-electron chi connectivity index (χ0n) is 10.3. The van der Waals surface area contributed by atoms with Gasteiger partial charge in [0, 0.05) is 6.54 Å². The molecule has 0 bridgehead atoms. The molecule has 2 rings (SSSR count). The molecule has 0 radical (unpaired) electrons. The standard InChI is InChI=1S/C11H16ClNO3S2/c1-11(2,14)8-4-3-7-13(8)18(15,16)10-6-5-9(12)17-10/h5-6,8,14H,3-4,7H2,1-2H3.